The summed E-state index contributed by atoms with van der Waals surface area (Å²) in [5, 5.41) is 4.25. The molecule has 0 aliphatic rings. The number of ether oxygens (including phenoxy) is 1. The van der Waals surface area contributed by atoms with Crippen LogP contribution in [0.4, 0.5) is 0 Å². The minimum Gasteiger partial charge on any atom is -0.484 e. The van der Waals surface area contributed by atoms with Crippen LogP contribution in [-0.2, 0) is 16.1 Å². The Hall–Kier alpha value is -1.95. The van der Waals surface area contributed by atoms with Crippen LogP contribution >= 0.6 is 34.8 Å². The molecule has 0 saturated heterocycles. The zero-order chi connectivity index (χ0) is 22.4. The summed E-state index contributed by atoms with van der Waals surface area (Å²) >= 11 is 18.7. The third-order valence-corrected chi connectivity index (χ3v) is 5.99. The van der Waals surface area contributed by atoms with Crippen molar-refractivity contribution >= 4 is 46.6 Å². The van der Waals surface area contributed by atoms with E-state index >= 15 is 0 Å². The summed E-state index contributed by atoms with van der Waals surface area (Å²) < 4.78 is 5.71. The molecule has 2 amide bonds. The number of rotatable bonds is 8. The molecule has 0 aliphatic heterocycles. The second kappa shape index (κ2) is 10.9. The molecule has 0 aromatic heterocycles. The lowest BCUT2D eigenvalue weighted by molar-refractivity contribution is -0.142. The van der Waals surface area contributed by atoms with Crippen molar-refractivity contribution in [2.24, 2.45) is 0 Å². The van der Waals surface area contributed by atoms with Crippen LogP contribution in [0, 0.1) is 13.8 Å². The van der Waals surface area contributed by atoms with E-state index in [4.69, 9.17) is 39.5 Å². The Morgan fingerprint density at radius 2 is 1.67 bits per heavy atom. The Morgan fingerprint density at radius 3 is 2.20 bits per heavy atom. The number of benzene rings is 2. The molecule has 1 N–H and O–H groups in total. The van der Waals surface area contributed by atoms with Gasteiger partial charge in [-0.15, -0.1) is 0 Å². The van der Waals surface area contributed by atoms with Crippen LogP contribution in [0.2, 0.25) is 15.1 Å². The molecule has 0 spiro atoms. The number of hydrogen-bond donors (Lipinski definition) is 1. The van der Waals surface area contributed by atoms with Crippen molar-refractivity contribution in [1.29, 1.82) is 0 Å². The van der Waals surface area contributed by atoms with Gasteiger partial charge in [-0.05, 0) is 63.1 Å². The topological polar surface area (TPSA) is 58.6 Å². The van der Waals surface area contributed by atoms with Gasteiger partial charge in [0.25, 0.3) is 5.91 Å². The van der Waals surface area contributed by atoms with Crippen LogP contribution in [-0.4, -0.2) is 35.9 Å². The van der Waals surface area contributed by atoms with Gasteiger partial charge in [0, 0.05) is 33.7 Å². The summed E-state index contributed by atoms with van der Waals surface area (Å²) in [6.45, 7) is 7.50. The predicted octanol–water partition coefficient (Wildman–Crippen LogP) is 5.20. The van der Waals surface area contributed by atoms with Gasteiger partial charge in [-0.3, -0.25) is 9.59 Å². The predicted molar refractivity (Wildman–Crippen MR) is 122 cm³/mol. The Labute approximate surface area is 192 Å². The highest BCUT2D eigenvalue weighted by Crippen LogP contribution is 2.28. The highest BCUT2D eigenvalue weighted by atomic mass is 35.5. The first kappa shape index (κ1) is 24.3. The molecule has 0 unspecified atom stereocenters. The van der Waals surface area contributed by atoms with Crippen molar-refractivity contribution in [3.05, 3.63) is 62.1 Å². The molecule has 1 atom stereocenters. The van der Waals surface area contributed by atoms with Crippen molar-refractivity contribution < 1.29 is 14.3 Å². The summed E-state index contributed by atoms with van der Waals surface area (Å²) in [6, 6.07) is 7.91. The van der Waals surface area contributed by atoms with Crippen LogP contribution in [0.15, 0.2) is 30.3 Å². The summed E-state index contributed by atoms with van der Waals surface area (Å²) in [4.78, 5) is 26.9. The van der Waals surface area contributed by atoms with Crippen LogP contribution in [0.25, 0.3) is 0 Å². The lowest BCUT2D eigenvalue weighted by Crippen LogP contribution is -2.49. The van der Waals surface area contributed by atoms with Gasteiger partial charge in [-0.1, -0.05) is 40.9 Å². The van der Waals surface area contributed by atoms with Gasteiger partial charge in [0.2, 0.25) is 5.91 Å². The van der Waals surface area contributed by atoms with Crippen LogP contribution in [0.5, 0.6) is 5.75 Å². The third-order valence-electron chi connectivity index (χ3n) is 4.68. The second-order valence-corrected chi connectivity index (χ2v) is 8.14. The Kier molecular flexibility index (Phi) is 8.83. The van der Waals surface area contributed by atoms with Crippen molar-refractivity contribution in [3.8, 4) is 5.75 Å². The highest BCUT2D eigenvalue weighted by molar-refractivity contribution is 6.36. The normalized spacial score (nSPS) is 11.7. The van der Waals surface area contributed by atoms with E-state index in [1.165, 1.54) is 4.90 Å². The van der Waals surface area contributed by atoms with E-state index in [1.807, 2.05) is 20.8 Å². The van der Waals surface area contributed by atoms with Gasteiger partial charge in [-0.2, -0.15) is 0 Å². The van der Waals surface area contributed by atoms with Crippen LogP contribution in [0.1, 0.15) is 30.5 Å². The molecule has 8 heteroatoms. The maximum absolute atomic E-state index is 13.0. The molecular weight excluding hydrogens is 447 g/mol. The number of amides is 2. The van der Waals surface area contributed by atoms with Gasteiger partial charge in [-0.25, -0.2) is 0 Å². The third kappa shape index (κ3) is 6.03. The fourth-order valence-electron chi connectivity index (χ4n) is 2.98. The standard InChI is InChI=1S/C22H25Cl3N2O3/c1-5-26-22(29)15(4)27(11-17-18(23)7-6-8-19(17)24)20(28)12-30-16-9-13(2)21(25)14(3)10-16/h6-10,15H,5,11-12H2,1-4H3,(H,26,29)/t15-/m1/s1. The first-order chi connectivity index (χ1) is 14.1. The maximum atomic E-state index is 13.0. The quantitative estimate of drug-likeness (QED) is 0.576. The molecule has 2 aromatic carbocycles. The number of nitrogens with zero attached hydrogens (tertiary/aromatic N) is 1. The van der Waals surface area contributed by atoms with E-state index in [2.05, 4.69) is 5.32 Å². The number of nitrogens with one attached hydrogen (secondary N) is 1. The number of halogens is 3. The average Bonchev–Trinajstić information content (AvgIpc) is 2.69. The molecule has 2 rings (SSSR count). The zero-order valence-corrected chi connectivity index (χ0v) is 19.7. The first-order valence-electron chi connectivity index (χ1n) is 9.55. The van der Waals surface area contributed by atoms with Crippen LogP contribution < -0.4 is 10.1 Å². The summed E-state index contributed by atoms with van der Waals surface area (Å²) in [6.07, 6.45) is 0. The lowest BCUT2D eigenvalue weighted by atomic mass is 10.1. The van der Waals surface area contributed by atoms with Gasteiger partial charge in [0.15, 0.2) is 6.61 Å². The molecular formula is C22H25Cl3N2O3. The van der Waals surface area contributed by atoms with Crippen molar-refractivity contribution in [1.82, 2.24) is 10.2 Å². The molecule has 5 nitrogen and oxygen atoms in total. The minimum atomic E-state index is -0.734. The number of carbonyl (C=O) groups is 2. The molecule has 0 heterocycles. The van der Waals surface area contributed by atoms with Crippen LogP contribution in [0.3, 0.4) is 0 Å². The first-order valence-corrected chi connectivity index (χ1v) is 10.7. The average molecular weight is 472 g/mol. The number of aryl methyl sites for hydroxylation is 2. The second-order valence-electron chi connectivity index (χ2n) is 6.95. The molecule has 0 fully saturated rings. The van der Waals surface area contributed by atoms with Gasteiger partial charge < -0.3 is 15.0 Å². The minimum absolute atomic E-state index is 0.0810. The van der Waals surface area contributed by atoms with Gasteiger partial charge in [0.05, 0.1) is 0 Å². The number of carbonyl (C=O) groups excluding carboxylic acids is 2. The molecule has 162 valence electrons. The molecule has 2 aromatic rings. The molecule has 0 radical (unpaired) electrons. The van der Waals surface area contributed by atoms with E-state index < -0.39 is 6.04 Å². The van der Waals surface area contributed by atoms with E-state index in [-0.39, 0.29) is 25.0 Å². The molecule has 0 saturated carbocycles. The van der Waals surface area contributed by atoms with Gasteiger partial charge >= 0.3 is 0 Å². The van der Waals surface area contributed by atoms with E-state index in [0.717, 1.165) is 11.1 Å². The number of hydrogen-bond acceptors (Lipinski definition) is 3. The Bertz CT molecular complexity index is 891. The van der Waals surface area contributed by atoms with Crippen molar-refractivity contribution in [2.45, 2.75) is 40.3 Å². The maximum Gasteiger partial charge on any atom is 0.261 e. The number of likely N-dealkylation sites (N-methyl/N-ethyl adjacent to an activating group) is 1. The molecule has 0 bridgehead atoms. The van der Waals surface area contributed by atoms with E-state index in [1.54, 1.807) is 37.3 Å². The fraction of sp³-hybridized carbons (Fsp3) is 0.364. The SMILES string of the molecule is CCNC(=O)[C@@H](C)N(Cc1c(Cl)cccc1Cl)C(=O)COc1cc(C)c(Cl)c(C)c1. The summed E-state index contributed by atoms with van der Waals surface area (Å²) in [7, 11) is 0. The largest absolute Gasteiger partial charge is 0.484 e. The Morgan fingerprint density at radius 1 is 1.10 bits per heavy atom. The molecule has 0 aliphatic carbocycles. The zero-order valence-electron chi connectivity index (χ0n) is 17.4. The smallest absolute Gasteiger partial charge is 0.261 e. The van der Waals surface area contributed by atoms with Crippen molar-refractivity contribution in [2.75, 3.05) is 13.2 Å². The monoisotopic (exact) mass is 470 g/mol. The summed E-state index contributed by atoms with van der Waals surface area (Å²) in [5.41, 5.74) is 2.28. The lowest BCUT2D eigenvalue weighted by Gasteiger charge is -2.29. The highest BCUT2D eigenvalue weighted by Gasteiger charge is 2.27. The van der Waals surface area contributed by atoms with Gasteiger partial charge in [0.1, 0.15) is 11.8 Å². The van der Waals surface area contributed by atoms with E-state index in [9.17, 15) is 9.59 Å². The Balaban J connectivity index is 2.24. The van der Waals surface area contributed by atoms with Crippen molar-refractivity contribution in [3.63, 3.8) is 0 Å². The summed E-state index contributed by atoms with van der Waals surface area (Å²) in [5.74, 6) is -0.105. The van der Waals surface area contributed by atoms with E-state index in [0.29, 0.717) is 32.9 Å². The fourth-order valence-corrected chi connectivity index (χ4v) is 3.60. The molecule has 30 heavy (non-hydrogen) atoms.